The second-order valence-corrected chi connectivity index (χ2v) is 7.38. The molecule has 1 aliphatic heterocycles. The summed E-state index contributed by atoms with van der Waals surface area (Å²) in [4.78, 5) is 14.9. The Kier molecular flexibility index (Phi) is 5.63. The molecule has 0 saturated carbocycles. The van der Waals surface area contributed by atoms with Gasteiger partial charge in [0.15, 0.2) is 0 Å². The fourth-order valence-electron chi connectivity index (χ4n) is 4.06. The fourth-order valence-corrected chi connectivity index (χ4v) is 4.06. The molecule has 1 saturated heterocycles. The van der Waals surface area contributed by atoms with Crippen molar-refractivity contribution in [3.05, 3.63) is 96.1 Å². The molecule has 4 rings (SSSR count). The van der Waals surface area contributed by atoms with E-state index >= 15 is 0 Å². The van der Waals surface area contributed by atoms with E-state index in [1.807, 2.05) is 84.9 Å². The van der Waals surface area contributed by atoms with Crippen LogP contribution in [0.15, 0.2) is 84.9 Å². The topological polar surface area (TPSA) is 49.8 Å². The van der Waals surface area contributed by atoms with Gasteiger partial charge in [-0.2, -0.15) is 0 Å². The minimum atomic E-state index is -0.699. The lowest BCUT2D eigenvalue weighted by Crippen LogP contribution is -2.59. The normalized spacial score (nSPS) is 19.5. The molecule has 0 bridgehead atoms. The maximum absolute atomic E-state index is 13.1. The van der Waals surface area contributed by atoms with Crippen LogP contribution < -0.4 is 9.64 Å². The van der Waals surface area contributed by atoms with E-state index in [1.165, 1.54) is 5.56 Å². The van der Waals surface area contributed by atoms with Gasteiger partial charge in [0.05, 0.1) is 25.2 Å². The molecule has 1 N–H and O–H groups in total. The largest absolute Gasteiger partial charge is 0.497 e. The SMILES string of the molecule is COc1ccc(C2C(C(O)CCc3ccccc3)C(=O)N2c2ccccc2)cc1. The number of hydrogen-bond acceptors (Lipinski definition) is 3. The van der Waals surface area contributed by atoms with Gasteiger partial charge in [0, 0.05) is 5.69 Å². The van der Waals surface area contributed by atoms with E-state index in [9.17, 15) is 9.90 Å². The average molecular weight is 387 g/mol. The number of amides is 1. The number of methoxy groups -OCH3 is 1. The number of rotatable bonds is 7. The molecule has 0 aromatic heterocycles. The summed E-state index contributed by atoms with van der Waals surface area (Å²) in [6.45, 7) is 0. The number of aliphatic hydroxyl groups excluding tert-OH is 1. The van der Waals surface area contributed by atoms with Crippen molar-refractivity contribution in [2.45, 2.75) is 25.0 Å². The van der Waals surface area contributed by atoms with E-state index in [4.69, 9.17) is 4.74 Å². The van der Waals surface area contributed by atoms with Crippen LogP contribution in [0.2, 0.25) is 0 Å². The predicted octanol–water partition coefficient (Wildman–Crippen LogP) is 4.39. The number of benzene rings is 3. The predicted molar refractivity (Wildman–Crippen MR) is 114 cm³/mol. The standard InChI is InChI=1S/C25H25NO3/c1-29-21-15-13-19(14-16-21)24-23(22(27)17-12-18-8-4-2-5-9-18)25(28)26(24)20-10-6-3-7-11-20/h2-11,13-16,22-24,27H,12,17H2,1H3. The van der Waals surface area contributed by atoms with Gasteiger partial charge in [0.25, 0.3) is 0 Å². The van der Waals surface area contributed by atoms with Gasteiger partial charge < -0.3 is 14.7 Å². The van der Waals surface area contributed by atoms with E-state index < -0.39 is 12.0 Å². The number of aryl methyl sites for hydroxylation is 1. The van der Waals surface area contributed by atoms with Gasteiger partial charge in [0.2, 0.25) is 5.91 Å². The van der Waals surface area contributed by atoms with Crippen molar-refractivity contribution in [1.82, 2.24) is 0 Å². The van der Waals surface area contributed by atoms with Gasteiger partial charge in [0.1, 0.15) is 5.75 Å². The van der Waals surface area contributed by atoms with E-state index in [0.29, 0.717) is 6.42 Å². The zero-order chi connectivity index (χ0) is 20.2. The Balaban J connectivity index is 1.58. The Morgan fingerprint density at radius 1 is 0.931 bits per heavy atom. The van der Waals surface area contributed by atoms with Gasteiger partial charge >= 0.3 is 0 Å². The zero-order valence-corrected chi connectivity index (χ0v) is 16.4. The van der Waals surface area contributed by atoms with Crippen molar-refractivity contribution >= 4 is 11.6 Å². The maximum Gasteiger partial charge on any atom is 0.235 e. The molecule has 148 valence electrons. The lowest BCUT2D eigenvalue weighted by Gasteiger charge is -2.49. The van der Waals surface area contributed by atoms with Gasteiger partial charge in [-0.15, -0.1) is 0 Å². The summed E-state index contributed by atoms with van der Waals surface area (Å²) in [7, 11) is 1.63. The van der Waals surface area contributed by atoms with Crippen molar-refractivity contribution in [2.75, 3.05) is 12.0 Å². The summed E-state index contributed by atoms with van der Waals surface area (Å²) in [6.07, 6.45) is 0.595. The average Bonchev–Trinajstić information content (AvgIpc) is 2.77. The van der Waals surface area contributed by atoms with Gasteiger partial charge in [-0.05, 0) is 48.2 Å². The molecular weight excluding hydrogens is 362 g/mol. The van der Waals surface area contributed by atoms with Crippen LogP contribution in [-0.4, -0.2) is 24.2 Å². The molecule has 1 aliphatic rings. The number of anilines is 1. The monoisotopic (exact) mass is 387 g/mol. The quantitative estimate of drug-likeness (QED) is 0.612. The number of ether oxygens (including phenoxy) is 1. The summed E-state index contributed by atoms with van der Waals surface area (Å²) in [5.74, 6) is 0.289. The number of β-lactam (4-membered cyclic amide) rings is 1. The molecule has 3 aromatic rings. The zero-order valence-electron chi connectivity index (χ0n) is 16.4. The van der Waals surface area contributed by atoms with Crippen LogP contribution in [0.3, 0.4) is 0 Å². The first-order valence-corrected chi connectivity index (χ1v) is 9.93. The van der Waals surface area contributed by atoms with Crippen LogP contribution in [0.1, 0.15) is 23.6 Å². The fraction of sp³-hybridized carbons (Fsp3) is 0.240. The van der Waals surface area contributed by atoms with Crippen molar-refractivity contribution in [3.63, 3.8) is 0 Å². The van der Waals surface area contributed by atoms with Gasteiger partial charge in [-0.25, -0.2) is 0 Å². The highest BCUT2D eigenvalue weighted by Gasteiger charge is 2.51. The third kappa shape index (κ3) is 3.89. The number of nitrogens with zero attached hydrogens (tertiary/aromatic N) is 1. The van der Waals surface area contributed by atoms with Crippen molar-refractivity contribution in [2.24, 2.45) is 5.92 Å². The Hall–Kier alpha value is -3.11. The molecule has 1 amide bonds. The number of para-hydroxylation sites is 1. The molecule has 3 atom stereocenters. The Morgan fingerprint density at radius 2 is 1.55 bits per heavy atom. The molecule has 1 heterocycles. The summed E-state index contributed by atoms with van der Waals surface area (Å²) < 4.78 is 5.27. The van der Waals surface area contributed by atoms with Gasteiger partial charge in [-0.1, -0.05) is 60.7 Å². The van der Waals surface area contributed by atoms with Crippen LogP contribution in [0.5, 0.6) is 5.75 Å². The highest BCUT2D eigenvalue weighted by Crippen LogP contribution is 2.46. The Morgan fingerprint density at radius 3 is 2.17 bits per heavy atom. The molecule has 0 spiro atoms. The van der Waals surface area contributed by atoms with Crippen molar-refractivity contribution in [3.8, 4) is 5.75 Å². The van der Waals surface area contributed by atoms with Crippen LogP contribution in [-0.2, 0) is 11.2 Å². The summed E-state index contributed by atoms with van der Waals surface area (Å²) >= 11 is 0. The smallest absolute Gasteiger partial charge is 0.235 e. The third-order valence-corrected chi connectivity index (χ3v) is 5.62. The van der Waals surface area contributed by atoms with E-state index in [2.05, 4.69) is 0 Å². The minimum Gasteiger partial charge on any atom is -0.497 e. The second-order valence-electron chi connectivity index (χ2n) is 7.38. The number of carbonyl (C=O) groups is 1. The van der Waals surface area contributed by atoms with E-state index in [0.717, 1.165) is 23.4 Å². The van der Waals surface area contributed by atoms with Crippen molar-refractivity contribution < 1.29 is 14.6 Å². The van der Waals surface area contributed by atoms with Crippen LogP contribution in [0, 0.1) is 5.92 Å². The Labute approximate surface area is 171 Å². The highest BCUT2D eigenvalue weighted by molar-refractivity contribution is 6.03. The molecule has 3 aromatic carbocycles. The van der Waals surface area contributed by atoms with E-state index in [-0.39, 0.29) is 11.9 Å². The first-order valence-electron chi connectivity index (χ1n) is 9.93. The maximum atomic E-state index is 13.1. The van der Waals surface area contributed by atoms with Crippen LogP contribution in [0.4, 0.5) is 5.69 Å². The van der Waals surface area contributed by atoms with Gasteiger partial charge in [-0.3, -0.25) is 4.79 Å². The molecule has 4 nitrogen and oxygen atoms in total. The first-order chi connectivity index (χ1) is 14.2. The molecular formula is C25H25NO3. The summed E-state index contributed by atoms with van der Waals surface area (Å²) in [5.41, 5.74) is 3.02. The molecule has 0 aliphatic carbocycles. The Bertz CT molecular complexity index is 941. The summed E-state index contributed by atoms with van der Waals surface area (Å²) in [6, 6.07) is 27.3. The molecule has 1 fully saturated rings. The van der Waals surface area contributed by atoms with Crippen LogP contribution >= 0.6 is 0 Å². The van der Waals surface area contributed by atoms with E-state index in [1.54, 1.807) is 12.0 Å². The number of aliphatic hydroxyl groups is 1. The molecule has 4 heteroatoms. The van der Waals surface area contributed by atoms with Crippen molar-refractivity contribution in [1.29, 1.82) is 0 Å². The first kappa shape index (κ1) is 19.2. The summed E-state index contributed by atoms with van der Waals surface area (Å²) in [5, 5.41) is 10.9. The number of hydrogen-bond donors (Lipinski definition) is 1. The number of carbonyl (C=O) groups excluding carboxylic acids is 1. The molecule has 3 unspecified atom stereocenters. The third-order valence-electron chi connectivity index (χ3n) is 5.62. The highest BCUT2D eigenvalue weighted by atomic mass is 16.5. The molecule has 29 heavy (non-hydrogen) atoms. The molecule has 0 radical (unpaired) electrons. The van der Waals surface area contributed by atoms with Crippen LogP contribution in [0.25, 0.3) is 0 Å². The second kappa shape index (κ2) is 8.50. The lowest BCUT2D eigenvalue weighted by molar-refractivity contribution is -0.136. The minimum absolute atomic E-state index is 0.0300. The lowest BCUT2D eigenvalue weighted by atomic mass is 9.76.